The fourth-order valence-corrected chi connectivity index (χ4v) is 2.96. The summed E-state index contributed by atoms with van der Waals surface area (Å²) >= 11 is 0. The van der Waals surface area contributed by atoms with Crippen molar-refractivity contribution >= 4 is 0 Å². The van der Waals surface area contributed by atoms with Gasteiger partial charge in [-0.3, -0.25) is 0 Å². The summed E-state index contributed by atoms with van der Waals surface area (Å²) in [6.45, 7) is 2.53. The number of fused-ring (bicyclic) bond motifs is 1. The summed E-state index contributed by atoms with van der Waals surface area (Å²) in [6, 6.07) is 0.846. The van der Waals surface area contributed by atoms with Crippen LogP contribution < -0.4 is 5.32 Å². The van der Waals surface area contributed by atoms with E-state index in [1.807, 2.05) is 0 Å². The molecule has 2 fully saturated rings. The van der Waals surface area contributed by atoms with Gasteiger partial charge in [0.15, 0.2) is 0 Å². The molecule has 0 unspecified atom stereocenters. The topological polar surface area (TPSA) is 15.3 Å². The average molecular weight is 168 g/mol. The number of nitrogens with one attached hydrogen (secondary N) is 1. The van der Waals surface area contributed by atoms with Crippen LogP contribution in [0.4, 0.5) is 0 Å². The summed E-state index contributed by atoms with van der Waals surface area (Å²) < 4.78 is 0. The molecular weight excluding hydrogens is 148 g/mol. The lowest BCUT2D eigenvalue weighted by Crippen LogP contribution is -2.41. The van der Waals surface area contributed by atoms with Crippen molar-refractivity contribution in [1.82, 2.24) is 10.2 Å². The summed E-state index contributed by atoms with van der Waals surface area (Å²) in [4.78, 5) is 2.42. The van der Waals surface area contributed by atoms with Gasteiger partial charge in [0.05, 0.1) is 0 Å². The van der Waals surface area contributed by atoms with Crippen LogP contribution in [0, 0.1) is 11.8 Å². The van der Waals surface area contributed by atoms with Gasteiger partial charge < -0.3 is 10.2 Å². The minimum atomic E-state index is 0.846. The van der Waals surface area contributed by atoms with E-state index in [4.69, 9.17) is 0 Å². The predicted molar refractivity (Wildman–Crippen MR) is 51.2 cm³/mol. The highest BCUT2D eigenvalue weighted by molar-refractivity contribution is 4.92. The number of rotatable bonds is 1. The molecule has 1 aliphatic carbocycles. The van der Waals surface area contributed by atoms with E-state index in [9.17, 15) is 0 Å². The Morgan fingerprint density at radius 1 is 1.17 bits per heavy atom. The SMILES string of the molecule is CN(C)[C@@H]1CCC[C@@H]2CNC[C@H]21. The number of hydrogen-bond donors (Lipinski definition) is 1. The van der Waals surface area contributed by atoms with Crippen LogP contribution in [-0.4, -0.2) is 38.1 Å². The molecule has 0 radical (unpaired) electrons. The first-order valence-corrected chi connectivity index (χ1v) is 5.16. The van der Waals surface area contributed by atoms with Crippen molar-refractivity contribution < 1.29 is 0 Å². The molecule has 0 aromatic rings. The molecule has 0 amide bonds. The highest BCUT2D eigenvalue weighted by atomic mass is 15.1. The van der Waals surface area contributed by atoms with Crippen LogP contribution in [0.5, 0.6) is 0 Å². The van der Waals surface area contributed by atoms with Crippen LogP contribution in [-0.2, 0) is 0 Å². The van der Waals surface area contributed by atoms with Crippen LogP contribution in [0.3, 0.4) is 0 Å². The molecule has 2 nitrogen and oxygen atoms in total. The van der Waals surface area contributed by atoms with Crippen LogP contribution in [0.2, 0.25) is 0 Å². The van der Waals surface area contributed by atoms with Crippen molar-refractivity contribution in [3.63, 3.8) is 0 Å². The Morgan fingerprint density at radius 2 is 2.00 bits per heavy atom. The Morgan fingerprint density at radius 3 is 2.75 bits per heavy atom. The Hall–Kier alpha value is -0.0800. The van der Waals surface area contributed by atoms with Crippen molar-refractivity contribution in [3.8, 4) is 0 Å². The molecule has 0 aromatic carbocycles. The normalized spacial score (nSPS) is 41.8. The summed E-state index contributed by atoms with van der Waals surface area (Å²) in [7, 11) is 4.46. The smallest absolute Gasteiger partial charge is 0.0133 e. The Balaban J connectivity index is 2.03. The highest BCUT2D eigenvalue weighted by Crippen LogP contribution is 2.34. The second-order valence-electron chi connectivity index (χ2n) is 4.54. The molecule has 3 atom stereocenters. The molecule has 1 aliphatic heterocycles. The summed E-state index contributed by atoms with van der Waals surface area (Å²) in [5, 5.41) is 3.52. The fourth-order valence-electron chi connectivity index (χ4n) is 2.96. The monoisotopic (exact) mass is 168 g/mol. The van der Waals surface area contributed by atoms with Gasteiger partial charge >= 0.3 is 0 Å². The first-order chi connectivity index (χ1) is 5.79. The Labute approximate surface area is 75.3 Å². The molecule has 0 bridgehead atoms. The van der Waals surface area contributed by atoms with E-state index in [1.54, 1.807) is 0 Å². The zero-order chi connectivity index (χ0) is 8.55. The van der Waals surface area contributed by atoms with Gasteiger partial charge in [-0.1, -0.05) is 6.42 Å². The predicted octanol–water partition coefficient (Wildman–Crippen LogP) is 0.936. The van der Waals surface area contributed by atoms with Crippen molar-refractivity contribution in [3.05, 3.63) is 0 Å². The molecule has 2 rings (SSSR count). The molecule has 1 saturated heterocycles. The lowest BCUT2D eigenvalue weighted by atomic mass is 9.77. The van der Waals surface area contributed by atoms with E-state index in [2.05, 4.69) is 24.3 Å². The van der Waals surface area contributed by atoms with E-state index in [0.717, 1.165) is 17.9 Å². The average Bonchev–Trinajstić information content (AvgIpc) is 2.49. The molecule has 0 aromatic heterocycles. The fraction of sp³-hybridized carbons (Fsp3) is 1.00. The van der Waals surface area contributed by atoms with Crippen molar-refractivity contribution in [1.29, 1.82) is 0 Å². The maximum Gasteiger partial charge on any atom is 0.0133 e. The summed E-state index contributed by atoms with van der Waals surface area (Å²) in [6.07, 6.45) is 4.31. The molecule has 2 aliphatic rings. The standard InChI is InChI=1S/C10H20N2/c1-12(2)10-5-3-4-8-6-11-7-9(8)10/h8-11H,3-7H2,1-2H3/t8-,9-,10-/m1/s1. The van der Waals surface area contributed by atoms with Crippen LogP contribution in [0.25, 0.3) is 0 Å². The maximum absolute atomic E-state index is 3.52. The van der Waals surface area contributed by atoms with Gasteiger partial charge in [-0.2, -0.15) is 0 Å². The van der Waals surface area contributed by atoms with Crippen molar-refractivity contribution in [2.45, 2.75) is 25.3 Å². The van der Waals surface area contributed by atoms with E-state index in [1.165, 1.54) is 32.4 Å². The minimum Gasteiger partial charge on any atom is -0.316 e. The summed E-state index contributed by atoms with van der Waals surface area (Å²) in [5.41, 5.74) is 0. The molecule has 1 N–H and O–H groups in total. The third-order valence-corrected chi connectivity index (χ3v) is 3.62. The van der Waals surface area contributed by atoms with Gasteiger partial charge in [-0.25, -0.2) is 0 Å². The molecular formula is C10H20N2. The van der Waals surface area contributed by atoms with Gasteiger partial charge in [-0.15, -0.1) is 0 Å². The second-order valence-corrected chi connectivity index (χ2v) is 4.54. The third-order valence-electron chi connectivity index (χ3n) is 3.62. The molecule has 1 heterocycles. The van der Waals surface area contributed by atoms with Gasteiger partial charge in [0, 0.05) is 6.04 Å². The van der Waals surface area contributed by atoms with Crippen molar-refractivity contribution in [2.75, 3.05) is 27.2 Å². The Bertz CT molecular complexity index is 156. The molecule has 70 valence electrons. The largest absolute Gasteiger partial charge is 0.316 e. The molecule has 1 saturated carbocycles. The molecule has 0 spiro atoms. The zero-order valence-corrected chi connectivity index (χ0v) is 8.21. The third kappa shape index (κ3) is 1.38. The minimum absolute atomic E-state index is 0.846. The highest BCUT2D eigenvalue weighted by Gasteiger charge is 2.37. The zero-order valence-electron chi connectivity index (χ0n) is 8.21. The lowest BCUT2D eigenvalue weighted by Gasteiger charge is -2.37. The van der Waals surface area contributed by atoms with E-state index >= 15 is 0 Å². The quantitative estimate of drug-likeness (QED) is 0.627. The lowest BCUT2D eigenvalue weighted by molar-refractivity contribution is 0.134. The maximum atomic E-state index is 3.52. The van der Waals surface area contributed by atoms with Gasteiger partial charge in [0.25, 0.3) is 0 Å². The van der Waals surface area contributed by atoms with Crippen LogP contribution >= 0.6 is 0 Å². The van der Waals surface area contributed by atoms with Crippen LogP contribution in [0.1, 0.15) is 19.3 Å². The molecule has 12 heavy (non-hydrogen) atoms. The van der Waals surface area contributed by atoms with E-state index in [-0.39, 0.29) is 0 Å². The second kappa shape index (κ2) is 3.35. The first-order valence-electron chi connectivity index (χ1n) is 5.16. The van der Waals surface area contributed by atoms with Crippen molar-refractivity contribution in [2.24, 2.45) is 11.8 Å². The van der Waals surface area contributed by atoms with Gasteiger partial charge in [-0.05, 0) is 51.9 Å². The summed E-state index contributed by atoms with van der Waals surface area (Å²) in [5.74, 6) is 1.92. The first kappa shape index (κ1) is 8.52. The molecule has 2 heteroatoms. The Kier molecular flexibility index (Phi) is 2.37. The van der Waals surface area contributed by atoms with Crippen LogP contribution in [0.15, 0.2) is 0 Å². The van der Waals surface area contributed by atoms with E-state index in [0.29, 0.717) is 0 Å². The number of nitrogens with zero attached hydrogens (tertiary/aromatic N) is 1. The van der Waals surface area contributed by atoms with Gasteiger partial charge in [0.2, 0.25) is 0 Å². The van der Waals surface area contributed by atoms with E-state index < -0.39 is 0 Å². The van der Waals surface area contributed by atoms with Gasteiger partial charge in [0.1, 0.15) is 0 Å². The number of hydrogen-bond acceptors (Lipinski definition) is 2.